The number of aromatic amines is 1. The van der Waals surface area contributed by atoms with Crippen LogP contribution in [-0.2, 0) is 11.3 Å². The smallest absolute Gasteiger partial charge is 0.298 e. The van der Waals surface area contributed by atoms with Gasteiger partial charge < -0.3 is 0 Å². The van der Waals surface area contributed by atoms with Gasteiger partial charge in [0.25, 0.3) is 0 Å². The Morgan fingerprint density at radius 3 is 2.81 bits per heavy atom. The summed E-state index contributed by atoms with van der Waals surface area (Å²) in [7, 11) is 0. The molecule has 0 aliphatic rings. The molecular weight excluding hydrogens is 226 g/mol. The van der Waals surface area contributed by atoms with Crippen LogP contribution in [0.15, 0.2) is 9.95 Å². The zero-order chi connectivity index (χ0) is 12.1. The molecule has 0 aliphatic heterocycles. The highest BCUT2D eigenvalue weighted by atomic mass is 32.2. The predicted octanol–water partition coefficient (Wildman–Crippen LogP) is 1.30. The van der Waals surface area contributed by atoms with Crippen LogP contribution >= 0.6 is 11.8 Å². The number of carbonyl (C=O) groups excluding carboxylic acids is 1. The highest BCUT2D eigenvalue weighted by Crippen LogP contribution is 2.15. The third-order valence-corrected chi connectivity index (χ3v) is 3.16. The molecule has 1 heterocycles. The average molecular weight is 243 g/mol. The van der Waals surface area contributed by atoms with Gasteiger partial charge in [0.05, 0.1) is 5.75 Å². The first-order valence-electron chi connectivity index (χ1n) is 5.37. The summed E-state index contributed by atoms with van der Waals surface area (Å²) < 4.78 is 1.57. The summed E-state index contributed by atoms with van der Waals surface area (Å²) in [5.41, 5.74) is -0.207. The van der Waals surface area contributed by atoms with Crippen molar-refractivity contribution in [2.75, 3.05) is 5.75 Å². The number of H-pyrrole nitrogens is 1. The highest BCUT2D eigenvalue weighted by Gasteiger charge is 2.12. The molecule has 0 atom stereocenters. The fourth-order valence-corrected chi connectivity index (χ4v) is 2.18. The number of Topliss-reactive ketones (excluding diaryl/α,β-unsaturated/α-hetero) is 1. The van der Waals surface area contributed by atoms with E-state index in [4.69, 9.17) is 0 Å². The van der Waals surface area contributed by atoms with E-state index >= 15 is 0 Å². The van der Waals surface area contributed by atoms with E-state index in [0.29, 0.717) is 17.5 Å². The Labute approximate surface area is 98.6 Å². The number of carbonyl (C=O) groups is 1. The number of ketones is 1. The van der Waals surface area contributed by atoms with Crippen LogP contribution in [0, 0.1) is 5.92 Å². The van der Waals surface area contributed by atoms with Crippen molar-refractivity contribution < 1.29 is 4.79 Å². The largest absolute Gasteiger partial charge is 0.343 e. The quantitative estimate of drug-likeness (QED) is 0.765. The molecule has 0 spiro atoms. The average Bonchev–Trinajstić information content (AvgIpc) is 2.58. The van der Waals surface area contributed by atoms with Gasteiger partial charge >= 0.3 is 5.69 Å². The second-order valence-electron chi connectivity index (χ2n) is 3.87. The van der Waals surface area contributed by atoms with Gasteiger partial charge in [-0.15, -0.1) is 5.10 Å². The minimum atomic E-state index is -0.207. The van der Waals surface area contributed by atoms with Gasteiger partial charge in [0.1, 0.15) is 5.78 Å². The molecular formula is C10H17N3O2S. The Bertz CT molecular complexity index is 408. The van der Waals surface area contributed by atoms with E-state index in [9.17, 15) is 9.59 Å². The summed E-state index contributed by atoms with van der Waals surface area (Å²) in [6, 6.07) is 0. The van der Waals surface area contributed by atoms with Crippen LogP contribution in [-0.4, -0.2) is 26.3 Å². The lowest BCUT2D eigenvalue weighted by molar-refractivity contribution is -0.119. The molecule has 1 aromatic rings. The molecule has 0 amide bonds. The van der Waals surface area contributed by atoms with Crippen molar-refractivity contribution in [3.05, 3.63) is 10.5 Å². The Hall–Kier alpha value is -1.04. The topological polar surface area (TPSA) is 67.8 Å². The third-order valence-electron chi connectivity index (χ3n) is 2.16. The third kappa shape index (κ3) is 3.23. The van der Waals surface area contributed by atoms with Crippen LogP contribution in [0.1, 0.15) is 27.2 Å². The van der Waals surface area contributed by atoms with E-state index in [2.05, 4.69) is 10.2 Å². The van der Waals surface area contributed by atoms with E-state index in [1.54, 1.807) is 4.57 Å². The van der Waals surface area contributed by atoms with Crippen LogP contribution in [0.4, 0.5) is 0 Å². The van der Waals surface area contributed by atoms with Gasteiger partial charge in [-0.3, -0.25) is 9.36 Å². The van der Waals surface area contributed by atoms with Gasteiger partial charge in [-0.1, -0.05) is 32.5 Å². The van der Waals surface area contributed by atoms with Gasteiger partial charge in [-0.05, 0) is 6.42 Å². The van der Waals surface area contributed by atoms with Crippen LogP contribution in [0.25, 0.3) is 0 Å². The molecule has 0 fully saturated rings. The molecule has 0 saturated heterocycles. The fraction of sp³-hybridized carbons (Fsp3) is 0.700. The van der Waals surface area contributed by atoms with Crippen molar-refractivity contribution in [1.82, 2.24) is 14.8 Å². The minimum Gasteiger partial charge on any atom is -0.298 e. The summed E-state index contributed by atoms with van der Waals surface area (Å²) in [6.07, 6.45) is 0.866. The van der Waals surface area contributed by atoms with Crippen molar-refractivity contribution >= 4 is 17.5 Å². The van der Waals surface area contributed by atoms with Gasteiger partial charge in [-0.2, -0.15) is 0 Å². The first-order valence-corrected chi connectivity index (χ1v) is 6.35. The Kier molecular flexibility index (Phi) is 4.79. The molecule has 1 aromatic heterocycles. The summed E-state index contributed by atoms with van der Waals surface area (Å²) in [6.45, 7) is 6.36. The van der Waals surface area contributed by atoms with E-state index in [1.807, 2.05) is 20.8 Å². The number of hydrogen-bond donors (Lipinski definition) is 1. The van der Waals surface area contributed by atoms with Gasteiger partial charge in [0.15, 0.2) is 5.16 Å². The molecule has 0 aromatic carbocycles. The molecule has 0 unspecified atom stereocenters. The Morgan fingerprint density at radius 1 is 1.56 bits per heavy atom. The molecule has 1 N–H and O–H groups in total. The van der Waals surface area contributed by atoms with E-state index < -0.39 is 0 Å². The number of rotatable bonds is 6. The highest BCUT2D eigenvalue weighted by molar-refractivity contribution is 7.99. The maximum atomic E-state index is 11.4. The van der Waals surface area contributed by atoms with Gasteiger partial charge in [0, 0.05) is 12.5 Å². The molecule has 16 heavy (non-hydrogen) atoms. The molecule has 6 heteroatoms. The van der Waals surface area contributed by atoms with Crippen molar-refractivity contribution in [3.63, 3.8) is 0 Å². The number of nitrogens with one attached hydrogen (secondary N) is 1. The SMILES string of the molecule is CCCn1c(SCC(=O)C(C)C)n[nH]c1=O. The molecule has 0 saturated carbocycles. The summed E-state index contributed by atoms with van der Waals surface area (Å²) in [5.74, 6) is 0.562. The molecule has 90 valence electrons. The maximum Gasteiger partial charge on any atom is 0.343 e. The standard InChI is InChI=1S/C10H17N3O2S/c1-4-5-13-9(15)11-12-10(13)16-6-8(14)7(2)3/h7H,4-6H2,1-3H3,(H,11,15). The zero-order valence-corrected chi connectivity index (χ0v) is 10.6. The summed E-state index contributed by atoms with van der Waals surface area (Å²) in [4.78, 5) is 22.8. The molecule has 1 rings (SSSR count). The van der Waals surface area contributed by atoms with E-state index in [1.165, 1.54) is 11.8 Å². The van der Waals surface area contributed by atoms with Crippen molar-refractivity contribution in [2.45, 2.75) is 38.9 Å². The Morgan fingerprint density at radius 2 is 2.25 bits per heavy atom. The number of nitrogens with zero attached hydrogens (tertiary/aromatic N) is 2. The summed E-state index contributed by atoms with van der Waals surface area (Å²) >= 11 is 1.32. The van der Waals surface area contributed by atoms with Crippen LogP contribution in [0.3, 0.4) is 0 Å². The van der Waals surface area contributed by atoms with Gasteiger partial charge in [0.2, 0.25) is 0 Å². The molecule has 0 bridgehead atoms. The summed E-state index contributed by atoms with van der Waals surface area (Å²) in [5, 5.41) is 6.90. The van der Waals surface area contributed by atoms with Gasteiger partial charge in [-0.25, -0.2) is 9.89 Å². The minimum absolute atomic E-state index is 0.0257. The molecule has 5 nitrogen and oxygen atoms in total. The number of thioether (sulfide) groups is 1. The lowest BCUT2D eigenvalue weighted by atomic mass is 10.1. The molecule has 0 aliphatic carbocycles. The lowest BCUT2D eigenvalue weighted by Crippen LogP contribution is -2.18. The van der Waals surface area contributed by atoms with Crippen LogP contribution < -0.4 is 5.69 Å². The van der Waals surface area contributed by atoms with Crippen molar-refractivity contribution in [3.8, 4) is 0 Å². The fourth-order valence-electron chi connectivity index (χ4n) is 1.14. The predicted molar refractivity (Wildman–Crippen MR) is 63.7 cm³/mol. The second kappa shape index (κ2) is 5.89. The van der Waals surface area contributed by atoms with Crippen LogP contribution in [0.2, 0.25) is 0 Å². The number of hydrogen-bond acceptors (Lipinski definition) is 4. The monoisotopic (exact) mass is 243 g/mol. The normalized spacial score (nSPS) is 11.0. The Balaban J connectivity index is 2.67. The second-order valence-corrected chi connectivity index (χ2v) is 4.82. The van der Waals surface area contributed by atoms with E-state index in [-0.39, 0.29) is 17.4 Å². The van der Waals surface area contributed by atoms with Crippen molar-refractivity contribution in [1.29, 1.82) is 0 Å². The number of aromatic nitrogens is 3. The first-order chi connectivity index (χ1) is 7.56. The van der Waals surface area contributed by atoms with Crippen molar-refractivity contribution in [2.24, 2.45) is 5.92 Å². The lowest BCUT2D eigenvalue weighted by Gasteiger charge is -2.04. The maximum absolute atomic E-state index is 11.4. The molecule has 0 radical (unpaired) electrons. The zero-order valence-electron chi connectivity index (χ0n) is 9.82. The first kappa shape index (κ1) is 13.0. The van der Waals surface area contributed by atoms with E-state index in [0.717, 1.165) is 6.42 Å². The van der Waals surface area contributed by atoms with Crippen LogP contribution in [0.5, 0.6) is 0 Å².